The molecule has 1 aliphatic rings. The van der Waals surface area contributed by atoms with Crippen molar-refractivity contribution in [3.63, 3.8) is 0 Å². The lowest BCUT2D eigenvalue weighted by Gasteiger charge is -2.23. The molecule has 0 amide bonds. The molecule has 8 heteroatoms. The number of hydrogen-bond acceptors (Lipinski definition) is 4. The Morgan fingerprint density at radius 3 is 2.78 bits per heavy atom. The summed E-state index contributed by atoms with van der Waals surface area (Å²) in [4.78, 5) is 3.85. The van der Waals surface area contributed by atoms with Crippen LogP contribution in [0.5, 0.6) is 0 Å². The fraction of sp³-hybridized carbons (Fsp3) is 0.700. The molecular formula is C10H16ClN3O3S. The van der Waals surface area contributed by atoms with Crippen LogP contribution in [0.2, 0.25) is 5.15 Å². The van der Waals surface area contributed by atoms with Crippen molar-refractivity contribution in [2.75, 3.05) is 13.2 Å². The molecule has 1 aromatic heterocycles. The molecule has 2 unspecified atom stereocenters. The van der Waals surface area contributed by atoms with Gasteiger partial charge in [0.05, 0.1) is 19.0 Å². The molecule has 0 saturated carbocycles. The number of aliphatic hydroxyl groups is 1. The number of aliphatic hydroxyl groups excluding tert-OH is 1. The van der Waals surface area contributed by atoms with Crippen LogP contribution in [-0.4, -0.2) is 46.6 Å². The van der Waals surface area contributed by atoms with E-state index in [1.54, 1.807) is 7.05 Å². The molecule has 6 nitrogen and oxygen atoms in total. The van der Waals surface area contributed by atoms with Crippen LogP contribution in [0, 0.1) is 5.92 Å². The van der Waals surface area contributed by atoms with E-state index in [-0.39, 0.29) is 22.7 Å². The number of aromatic nitrogens is 2. The molecule has 1 aliphatic heterocycles. The fourth-order valence-electron chi connectivity index (χ4n) is 2.22. The zero-order valence-corrected chi connectivity index (χ0v) is 11.8. The lowest BCUT2D eigenvalue weighted by Crippen LogP contribution is -2.40. The number of nitrogens with zero attached hydrogens (tertiary/aromatic N) is 3. The first-order valence-corrected chi connectivity index (χ1v) is 7.51. The Labute approximate surface area is 111 Å². The van der Waals surface area contributed by atoms with Gasteiger partial charge in [0.2, 0.25) is 5.03 Å². The van der Waals surface area contributed by atoms with Gasteiger partial charge in [0.15, 0.2) is 0 Å². The maximum Gasteiger partial charge on any atom is 0.264 e. The minimum Gasteiger partial charge on any atom is -0.395 e. The smallest absolute Gasteiger partial charge is 0.264 e. The minimum atomic E-state index is -3.73. The Morgan fingerprint density at radius 1 is 1.61 bits per heavy atom. The van der Waals surface area contributed by atoms with Gasteiger partial charge in [0.1, 0.15) is 5.15 Å². The number of rotatable bonds is 3. The topological polar surface area (TPSA) is 75.4 Å². The molecule has 1 N–H and O–H groups in total. The first-order chi connectivity index (χ1) is 8.39. The van der Waals surface area contributed by atoms with Crippen molar-refractivity contribution in [1.82, 2.24) is 13.9 Å². The van der Waals surface area contributed by atoms with Crippen molar-refractivity contribution < 1.29 is 13.5 Å². The average molecular weight is 294 g/mol. The predicted octanol–water partition coefficient (Wildman–Crippen LogP) is 0.465. The number of sulfonamides is 1. The van der Waals surface area contributed by atoms with Crippen LogP contribution in [0.15, 0.2) is 11.4 Å². The average Bonchev–Trinajstić information content (AvgIpc) is 2.84. The van der Waals surface area contributed by atoms with Crippen LogP contribution in [0.1, 0.15) is 13.3 Å². The van der Waals surface area contributed by atoms with E-state index in [4.69, 9.17) is 11.6 Å². The van der Waals surface area contributed by atoms with E-state index in [2.05, 4.69) is 4.98 Å². The number of aryl methyl sites for hydroxylation is 1. The molecule has 0 aromatic carbocycles. The Kier molecular flexibility index (Phi) is 3.68. The Bertz CT molecular complexity index is 543. The van der Waals surface area contributed by atoms with Crippen molar-refractivity contribution in [1.29, 1.82) is 0 Å². The summed E-state index contributed by atoms with van der Waals surface area (Å²) in [7, 11) is -2.10. The Hall–Kier alpha value is -0.630. The summed E-state index contributed by atoms with van der Waals surface area (Å²) >= 11 is 5.93. The van der Waals surface area contributed by atoms with E-state index in [9.17, 15) is 13.5 Å². The van der Waals surface area contributed by atoms with Crippen LogP contribution in [-0.2, 0) is 17.1 Å². The molecule has 2 heterocycles. The molecule has 0 bridgehead atoms. The van der Waals surface area contributed by atoms with Crippen molar-refractivity contribution in [3.8, 4) is 0 Å². The first-order valence-electron chi connectivity index (χ1n) is 5.69. The van der Waals surface area contributed by atoms with Gasteiger partial charge in [-0.3, -0.25) is 0 Å². The molecule has 0 aliphatic carbocycles. The minimum absolute atomic E-state index is 0.0891. The number of imidazole rings is 1. The lowest BCUT2D eigenvalue weighted by molar-refractivity contribution is 0.191. The van der Waals surface area contributed by atoms with E-state index < -0.39 is 16.1 Å². The van der Waals surface area contributed by atoms with E-state index >= 15 is 0 Å². The van der Waals surface area contributed by atoms with Crippen LogP contribution >= 0.6 is 11.6 Å². The predicted molar refractivity (Wildman–Crippen MR) is 66.8 cm³/mol. The molecule has 1 fully saturated rings. The fourth-order valence-corrected chi connectivity index (χ4v) is 4.34. The summed E-state index contributed by atoms with van der Waals surface area (Å²) in [5.74, 6) is 0.132. The highest BCUT2D eigenvalue weighted by molar-refractivity contribution is 7.89. The van der Waals surface area contributed by atoms with Gasteiger partial charge in [-0.1, -0.05) is 18.5 Å². The summed E-state index contributed by atoms with van der Waals surface area (Å²) in [6, 6.07) is -0.395. The van der Waals surface area contributed by atoms with Crippen molar-refractivity contribution in [2.24, 2.45) is 13.0 Å². The lowest BCUT2D eigenvalue weighted by atomic mass is 10.0. The highest BCUT2D eigenvalue weighted by atomic mass is 35.5. The molecule has 2 rings (SSSR count). The van der Waals surface area contributed by atoms with Crippen LogP contribution in [0.25, 0.3) is 0 Å². The first kappa shape index (κ1) is 13.8. The summed E-state index contributed by atoms with van der Waals surface area (Å²) in [6.07, 6.45) is 2.09. The van der Waals surface area contributed by atoms with Crippen molar-refractivity contribution >= 4 is 21.6 Å². The van der Waals surface area contributed by atoms with Gasteiger partial charge in [0, 0.05) is 13.6 Å². The van der Waals surface area contributed by atoms with Crippen molar-refractivity contribution in [2.45, 2.75) is 24.4 Å². The van der Waals surface area contributed by atoms with Crippen LogP contribution in [0.3, 0.4) is 0 Å². The Balaban J connectivity index is 2.41. The van der Waals surface area contributed by atoms with Gasteiger partial charge in [-0.05, 0) is 12.3 Å². The largest absolute Gasteiger partial charge is 0.395 e. The molecule has 0 spiro atoms. The highest BCUT2D eigenvalue weighted by Gasteiger charge is 2.41. The highest BCUT2D eigenvalue weighted by Crippen LogP contribution is 2.31. The standard InChI is InChI=1S/C10H16ClN3O3S/c1-7-3-4-14(8(7)5-15)18(16,17)10-9(11)13(2)6-12-10/h6-8,15H,3-5H2,1-2H3. The third-order valence-corrected chi connectivity index (χ3v) is 5.82. The number of halogens is 1. The summed E-state index contributed by atoms with van der Waals surface area (Å²) in [5, 5.41) is 9.28. The molecule has 0 radical (unpaired) electrons. The normalized spacial score (nSPS) is 25.8. The SMILES string of the molecule is CC1CCN(S(=O)(=O)c2ncn(C)c2Cl)C1CO. The molecule has 102 valence electrons. The maximum absolute atomic E-state index is 12.4. The van der Waals surface area contributed by atoms with Gasteiger partial charge in [-0.2, -0.15) is 4.31 Å². The molecular weight excluding hydrogens is 278 g/mol. The maximum atomic E-state index is 12.4. The van der Waals surface area contributed by atoms with E-state index in [0.29, 0.717) is 6.54 Å². The van der Waals surface area contributed by atoms with Gasteiger partial charge >= 0.3 is 0 Å². The summed E-state index contributed by atoms with van der Waals surface area (Å²) in [5.41, 5.74) is 0. The van der Waals surface area contributed by atoms with Crippen molar-refractivity contribution in [3.05, 3.63) is 11.5 Å². The van der Waals surface area contributed by atoms with Gasteiger partial charge in [-0.15, -0.1) is 0 Å². The van der Waals surface area contributed by atoms with E-state index in [0.717, 1.165) is 6.42 Å². The Morgan fingerprint density at radius 2 is 2.28 bits per heavy atom. The zero-order valence-electron chi connectivity index (χ0n) is 10.2. The van der Waals surface area contributed by atoms with Gasteiger partial charge in [0.25, 0.3) is 10.0 Å². The zero-order chi connectivity index (χ0) is 13.5. The van der Waals surface area contributed by atoms with E-state index in [1.165, 1.54) is 15.2 Å². The molecule has 18 heavy (non-hydrogen) atoms. The van der Waals surface area contributed by atoms with Gasteiger partial charge in [-0.25, -0.2) is 13.4 Å². The third kappa shape index (κ3) is 2.05. The summed E-state index contributed by atoms with van der Waals surface area (Å²) in [6.45, 7) is 2.13. The second kappa shape index (κ2) is 4.80. The monoisotopic (exact) mass is 293 g/mol. The molecule has 1 saturated heterocycles. The molecule has 2 atom stereocenters. The second-order valence-corrected chi connectivity index (χ2v) is 6.75. The quantitative estimate of drug-likeness (QED) is 0.879. The van der Waals surface area contributed by atoms with Gasteiger partial charge < -0.3 is 9.67 Å². The third-order valence-electron chi connectivity index (χ3n) is 3.41. The van der Waals surface area contributed by atoms with Crippen LogP contribution < -0.4 is 0 Å². The number of hydrogen-bond donors (Lipinski definition) is 1. The molecule has 1 aromatic rings. The van der Waals surface area contributed by atoms with Crippen LogP contribution in [0.4, 0.5) is 0 Å². The summed E-state index contributed by atoms with van der Waals surface area (Å²) < 4.78 is 27.6. The van der Waals surface area contributed by atoms with E-state index in [1.807, 2.05) is 6.92 Å². The second-order valence-electron chi connectivity index (χ2n) is 4.58.